The van der Waals surface area contributed by atoms with E-state index in [1.54, 1.807) is 26.0 Å². The number of hydrogen-bond donors (Lipinski definition) is 2. The molecule has 2 rings (SSSR count). The molecule has 0 unspecified atom stereocenters. The van der Waals surface area contributed by atoms with Crippen LogP contribution in [0.15, 0.2) is 20.9 Å². The minimum Gasteiger partial charge on any atom is -0.391 e. The van der Waals surface area contributed by atoms with E-state index in [1.807, 2.05) is 0 Å². The highest BCUT2D eigenvalue weighted by atomic mass is 32.2. The summed E-state index contributed by atoms with van der Waals surface area (Å²) in [6.07, 6.45) is 0. The van der Waals surface area contributed by atoms with E-state index < -0.39 is 10.0 Å². The number of nitrogens with one attached hydrogen (secondary N) is 1. The Balaban J connectivity index is 2.13. The highest BCUT2D eigenvalue weighted by Gasteiger charge is 2.19. The zero-order valence-electron chi connectivity index (χ0n) is 10.5. The molecule has 0 aliphatic heterocycles. The van der Waals surface area contributed by atoms with Gasteiger partial charge in [-0.05, 0) is 25.5 Å². The number of nitrogens with zero attached hydrogens (tertiary/aromatic N) is 1. The number of rotatable bonds is 5. The van der Waals surface area contributed by atoms with Crippen molar-refractivity contribution in [2.24, 2.45) is 0 Å². The van der Waals surface area contributed by atoms with Crippen molar-refractivity contribution in [2.75, 3.05) is 0 Å². The molecule has 2 N–H and O–H groups in total. The SMILES string of the molecule is Cc1cc(CNS(=O)(=O)c2cc(C)c(CO)s2)on1. The molecular formula is C11H14N2O4S2. The van der Waals surface area contributed by atoms with E-state index >= 15 is 0 Å². The minimum atomic E-state index is -3.59. The van der Waals surface area contributed by atoms with Gasteiger partial charge in [0.25, 0.3) is 0 Å². The van der Waals surface area contributed by atoms with Crippen molar-refractivity contribution in [3.05, 3.63) is 34.0 Å². The quantitative estimate of drug-likeness (QED) is 0.869. The predicted octanol–water partition coefficient (Wildman–Crippen LogP) is 1.32. The Morgan fingerprint density at radius 1 is 1.42 bits per heavy atom. The summed E-state index contributed by atoms with van der Waals surface area (Å²) in [6, 6.07) is 3.21. The maximum absolute atomic E-state index is 12.0. The summed E-state index contributed by atoms with van der Waals surface area (Å²) in [5.41, 5.74) is 1.46. The van der Waals surface area contributed by atoms with Crippen LogP contribution in [0.3, 0.4) is 0 Å². The van der Waals surface area contributed by atoms with Crippen LogP contribution in [0.4, 0.5) is 0 Å². The molecular weight excluding hydrogens is 288 g/mol. The maximum atomic E-state index is 12.0. The molecule has 0 aromatic carbocycles. The van der Waals surface area contributed by atoms with E-state index in [2.05, 4.69) is 9.88 Å². The molecule has 19 heavy (non-hydrogen) atoms. The van der Waals surface area contributed by atoms with Gasteiger partial charge in [0.2, 0.25) is 10.0 Å². The van der Waals surface area contributed by atoms with Crippen LogP contribution in [0.2, 0.25) is 0 Å². The van der Waals surface area contributed by atoms with Gasteiger partial charge >= 0.3 is 0 Å². The Hall–Kier alpha value is -1.22. The summed E-state index contributed by atoms with van der Waals surface area (Å²) in [7, 11) is -3.59. The van der Waals surface area contributed by atoms with Gasteiger partial charge in [0.15, 0.2) is 5.76 Å². The van der Waals surface area contributed by atoms with Gasteiger partial charge in [0, 0.05) is 10.9 Å². The number of hydrogen-bond acceptors (Lipinski definition) is 6. The number of sulfonamides is 1. The van der Waals surface area contributed by atoms with Crippen LogP contribution >= 0.6 is 11.3 Å². The monoisotopic (exact) mass is 302 g/mol. The van der Waals surface area contributed by atoms with Gasteiger partial charge in [-0.15, -0.1) is 11.3 Å². The molecule has 2 aromatic heterocycles. The number of thiophene rings is 1. The van der Waals surface area contributed by atoms with Crippen LogP contribution in [0.25, 0.3) is 0 Å². The molecule has 0 bridgehead atoms. The topological polar surface area (TPSA) is 92.4 Å². The highest BCUT2D eigenvalue weighted by molar-refractivity contribution is 7.91. The van der Waals surface area contributed by atoms with Gasteiger partial charge in [-0.2, -0.15) is 0 Å². The Morgan fingerprint density at radius 2 is 2.16 bits per heavy atom. The van der Waals surface area contributed by atoms with Gasteiger partial charge in [-0.25, -0.2) is 13.1 Å². The van der Waals surface area contributed by atoms with E-state index in [9.17, 15) is 8.42 Å². The van der Waals surface area contributed by atoms with Crippen LogP contribution in [0, 0.1) is 13.8 Å². The summed E-state index contributed by atoms with van der Waals surface area (Å²) in [6.45, 7) is 3.42. The second kappa shape index (κ2) is 5.41. The molecule has 8 heteroatoms. The molecule has 0 spiro atoms. The second-order valence-corrected chi connectivity index (χ2v) is 7.22. The standard InChI is InChI=1S/C11H14N2O4S2/c1-7-3-11(18-10(7)6-14)19(15,16)12-5-9-4-8(2)13-17-9/h3-4,12,14H,5-6H2,1-2H3. The molecule has 2 aromatic rings. The Morgan fingerprint density at radius 3 is 2.68 bits per heavy atom. The van der Waals surface area contributed by atoms with Gasteiger partial charge < -0.3 is 9.63 Å². The zero-order chi connectivity index (χ0) is 14.0. The summed E-state index contributed by atoms with van der Waals surface area (Å²) in [4.78, 5) is 0.649. The van der Waals surface area contributed by atoms with E-state index in [-0.39, 0.29) is 17.4 Å². The number of aromatic nitrogens is 1. The zero-order valence-corrected chi connectivity index (χ0v) is 12.1. The number of aliphatic hydroxyl groups excluding tert-OH is 1. The normalized spacial score (nSPS) is 11.9. The molecule has 0 saturated heterocycles. The Bertz CT molecular complexity index is 673. The summed E-state index contributed by atoms with van der Waals surface area (Å²) >= 11 is 1.06. The number of aliphatic hydroxyl groups is 1. The molecule has 2 heterocycles. The average molecular weight is 302 g/mol. The molecule has 0 saturated carbocycles. The molecule has 104 valence electrons. The van der Waals surface area contributed by atoms with Crippen molar-refractivity contribution >= 4 is 21.4 Å². The van der Waals surface area contributed by atoms with Crippen LogP contribution in [0.5, 0.6) is 0 Å². The summed E-state index contributed by atoms with van der Waals surface area (Å²) in [5, 5.41) is 12.8. The third-order valence-electron chi connectivity index (χ3n) is 2.52. The molecule has 0 fully saturated rings. The first-order valence-corrected chi connectivity index (χ1v) is 7.84. The van der Waals surface area contributed by atoms with Gasteiger partial charge in [-0.1, -0.05) is 5.16 Å². The molecule has 0 amide bonds. The van der Waals surface area contributed by atoms with Crippen molar-refractivity contribution in [2.45, 2.75) is 31.2 Å². The van der Waals surface area contributed by atoms with Crippen molar-refractivity contribution in [3.8, 4) is 0 Å². The molecule has 6 nitrogen and oxygen atoms in total. The lowest BCUT2D eigenvalue weighted by molar-refractivity contribution is 0.285. The second-order valence-electron chi connectivity index (χ2n) is 4.09. The predicted molar refractivity (Wildman–Crippen MR) is 70.2 cm³/mol. The van der Waals surface area contributed by atoms with Crippen molar-refractivity contribution in [3.63, 3.8) is 0 Å². The Kier molecular flexibility index (Phi) is 4.04. The lowest BCUT2D eigenvalue weighted by Gasteiger charge is -2.01. The molecule has 0 aliphatic carbocycles. The van der Waals surface area contributed by atoms with Crippen molar-refractivity contribution in [1.82, 2.24) is 9.88 Å². The lowest BCUT2D eigenvalue weighted by atomic mass is 10.3. The maximum Gasteiger partial charge on any atom is 0.250 e. The van der Waals surface area contributed by atoms with Gasteiger partial charge in [0.05, 0.1) is 18.8 Å². The van der Waals surface area contributed by atoms with Gasteiger partial charge in [0.1, 0.15) is 4.21 Å². The Labute approximate surface area is 115 Å². The van der Waals surface area contributed by atoms with Crippen LogP contribution in [-0.4, -0.2) is 18.7 Å². The van der Waals surface area contributed by atoms with Crippen LogP contribution in [0.1, 0.15) is 21.9 Å². The highest BCUT2D eigenvalue weighted by Crippen LogP contribution is 2.25. The first-order valence-electron chi connectivity index (χ1n) is 5.54. The third-order valence-corrected chi connectivity index (χ3v) is 5.62. The fourth-order valence-corrected chi connectivity index (χ4v) is 4.00. The number of aryl methyl sites for hydroxylation is 2. The van der Waals surface area contributed by atoms with E-state index in [0.717, 1.165) is 16.9 Å². The summed E-state index contributed by atoms with van der Waals surface area (Å²) in [5.74, 6) is 0.455. The third kappa shape index (κ3) is 3.21. The first-order chi connectivity index (χ1) is 8.92. The average Bonchev–Trinajstić information content (AvgIpc) is 2.93. The van der Waals surface area contributed by atoms with Gasteiger partial charge in [-0.3, -0.25) is 0 Å². The fourth-order valence-electron chi connectivity index (χ4n) is 1.51. The van der Waals surface area contributed by atoms with E-state index in [0.29, 0.717) is 16.3 Å². The van der Waals surface area contributed by atoms with E-state index in [1.165, 1.54) is 0 Å². The molecule has 0 radical (unpaired) electrons. The van der Waals surface area contributed by atoms with Crippen molar-refractivity contribution < 1.29 is 18.0 Å². The van der Waals surface area contributed by atoms with Crippen LogP contribution in [-0.2, 0) is 23.2 Å². The van der Waals surface area contributed by atoms with Crippen LogP contribution < -0.4 is 4.72 Å². The summed E-state index contributed by atoms with van der Waals surface area (Å²) < 4.78 is 31.7. The van der Waals surface area contributed by atoms with E-state index in [4.69, 9.17) is 9.63 Å². The lowest BCUT2D eigenvalue weighted by Crippen LogP contribution is -2.22. The van der Waals surface area contributed by atoms with Crippen molar-refractivity contribution in [1.29, 1.82) is 0 Å². The molecule has 0 aliphatic rings. The fraction of sp³-hybridized carbons (Fsp3) is 0.364. The minimum absolute atomic E-state index is 0.0502. The smallest absolute Gasteiger partial charge is 0.250 e. The largest absolute Gasteiger partial charge is 0.391 e. The first kappa shape index (κ1) is 14.2. The molecule has 0 atom stereocenters.